The minimum absolute atomic E-state index is 0.0577. The second kappa shape index (κ2) is 16.2. The van der Waals surface area contributed by atoms with Crippen molar-refractivity contribution in [2.75, 3.05) is 33.9 Å². The molecular formula is C43H49FN6O6SSi. The molecule has 15 heteroatoms. The molecule has 1 aliphatic rings. The number of benzene rings is 3. The van der Waals surface area contributed by atoms with E-state index >= 15 is 4.39 Å². The van der Waals surface area contributed by atoms with E-state index in [1.54, 1.807) is 24.3 Å². The lowest BCUT2D eigenvalue weighted by Crippen LogP contribution is -2.66. The maximum atomic E-state index is 15.2. The lowest BCUT2D eigenvalue weighted by atomic mass is 9.90. The molecule has 0 radical (unpaired) electrons. The molecular weight excluding hydrogens is 776 g/mol. The molecule has 1 aliphatic heterocycles. The third-order valence-corrected chi connectivity index (χ3v) is 17.6. The molecule has 0 saturated carbocycles. The molecule has 0 unspecified atom stereocenters. The number of aryl methyl sites for hydroxylation is 1. The number of ether oxygens (including phenoxy) is 2. The SMILES string of the molecule is COc1ccc(F)cc1[C@H](Cn1c(=O)n([C@]2(C)CCC(=O)N(C)C2)c(=O)c2c(C)c(-n3nccn3)sc21)OCCO[Si](c1ccccc1)(c1ccccc1)C(C)(C)C. The summed E-state index contributed by atoms with van der Waals surface area (Å²) in [6, 6.07) is 24.8. The Morgan fingerprint density at radius 1 is 0.948 bits per heavy atom. The molecule has 3 aromatic carbocycles. The molecule has 0 bridgehead atoms. The standard InChI is InChI=1S/C43H49FN6O6SSi/c1-29-37-38(52)49(43(5)21-20-36(51)47(6)28-43)41(53)48(40(37)57-39(29)50-45-22-23-46-50)27-35(33-26-30(44)18-19-34(33)54-7)55-24-25-56-58(42(2,3)4,31-14-10-8-11-15-31)32-16-12-9-13-17-32/h8-19,22-23,26,35H,20-21,24-25,27-28H2,1-7H3/t35-,43+/m0/s1. The number of carbonyl (C=O) groups excluding carboxylic acids is 1. The van der Waals surface area contributed by atoms with E-state index in [1.807, 2.05) is 50.2 Å². The predicted octanol–water partition coefficient (Wildman–Crippen LogP) is 5.56. The molecule has 7 rings (SSSR count). The molecule has 0 spiro atoms. The molecule has 3 aromatic heterocycles. The molecule has 12 nitrogen and oxygen atoms in total. The molecule has 1 amide bonds. The highest BCUT2D eigenvalue weighted by Crippen LogP contribution is 2.38. The Morgan fingerprint density at radius 2 is 1.59 bits per heavy atom. The first-order chi connectivity index (χ1) is 27.7. The minimum Gasteiger partial charge on any atom is -0.496 e. The van der Waals surface area contributed by atoms with Crippen LogP contribution < -0.4 is 26.4 Å². The van der Waals surface area contributed by atoms with Crippen molar-refractivity contribution >= 4 is 46.2 Å². The van der Waals surface area contributed by atoms with Gasteiger partial charge in [-0.05, 0) is 53.9 Å². The number of halogens is 1. The number of amides is 1. The van der Waals surface area contributed by atoms with Gasteiger partial charge in [0.05, 0.1) is 50.2 Å². The number of piperidine rings is 1. The van der Waals surface area contributed by atoms with Crippen molar-refractivity contribution in [2.24, 2.45) is 0 Å². The van der Waals surface area contributed by atoms with Gasteiger partial charge < -0.3 is 18.8 Å². The first kappa shape index (κ1) is 41.0. The summed E-state index contributed by atoms with van der Waals surface area (Å²) in [5.74, 6) is -0.186. The van der Waals surface area contributed by atoms with Gasteiger partial charge in [0.2, 0.25) is 5.91 Å². The fourth-order valence-corrected chi connectivity index (χ4v) is 14.2. The van der Waals surface area contributed by atoms with Crippen molar-refractivity contribution in [2.45, 2.75) is 70.7 Å². The zero-order chi connectivity index (χ0) is 41.4. The van der Waals surface area contributed by atoms with Gasteiger partial charge in [-0.1, -0.05) is 92.8 Å². The van der Waals surface area contributed by atoms with Crippen LogP contribution in [-0.2, 0) is 26.0 Å². The lowest BCUT2D eigenvalue weighted by molar-refractivity contribution is -0.135. The van der Waals surface area contributed by atoms with Gasteiger partial charge in [0.1, 0.15) is 27.5 Å². The summed E-state index contributed by atoms with van der Waals surface area (Å²) in [7, 11) is 0.246. The zero-order valence-corrected chi connectivity index (χ0v) is 35.7. The number of rotatable bonds is 13. The Balaban J connectivity index is 1.34. The van der Waals surface area contributed by atoms with Crippen LogP contribution in [0.1, 0.15) is 57.8 Å². The molecule has 4 heterocycles. The summed E-state index contributed by atoms with van der Waals surface area (Å²) >= 11 is 1.21. The molecule has 1 fully saturated rings. The summed E-state index contributed by atoms with van der Waals surface area (Å²) in [5, 5.41) is 11.5. The summed E-state index contributed by atoms with van der Waals surface area (Å²) in [4.78, 5) is 45.6. The Morgan fingerprint density at radius 3 is 2.17 bits per heavy atom. The fourth-order valence-electron chi connectivity index (χ4n) is 8.42. The number of likely N-dealkylation sites (tertiary alicyclic amines) is 1. The van der Waals surface area contributed by atoms with Crippen LogP contribution in [0.2, 0.25) is 5.04 Å². The number of likely N-dealkylation sites (N-methyl/N-ethyl adjacent to an activating group) is 1. The molecule has 1 saturated heterocycles. The number of methoxy groups -OCH3 is 1. The van der Waals surface area contributed by atoms with E-state index in [2.05, 4.69) is 55.2 Å². The fraction of sp³-hybridized carbons (Fsp3) is 0.372. The van der Waals surface area contributed by atoms with Crippen LogP contribution in [0.25, 0.3) is 15.2 Å². The molecule has 58 heavy (non-hydrogen) atoms. The largest absolute Gasteiger partial charge is 0.496 e. The average Bonchev–Trinajstić information content (AvgIpc) is 3.86. The van der Waals surface area contributed by atoms with Crippen molar-refractivity contribution in [1.82, 2.24) is 29.0 Å². The second-order valence-corrected chi connectivity index (χ2v) is 21.4. The molecule has 2 atom stereocenters. The predicted molar refractivity (Wildman–Crippen MR) is 226 cm³/mol. The number of nitrogens with zero attached hydrogens (tertiary/aromatic N) is 6. The maximum Gasteiger partial charge on any atom is 0.332 e. The van der Waals surface area contributed by atoms with Crippen LogP contribution in [0, 0.1) is 12.7 Å². The number of hydrogen-bond donors (Lipinski definition) is 0. The van der Waals surface area contributed by atoms with Gasteiger partial charge in [-0.25, -0.2) is 9.18 Å². The molecule has 0 N–H and O–H groups in total. The normalized spacial score (nSPS) is 16.9. The Labute approximate surface area is 341 Å². The van der Waals surface area contributed by atoms with Crippen molar-refractivity contribution in [1.29, 1.82) is 0 Å². The second-order valence-electron chi connectivity index (χ2n) is 16.1. The Hall–Kier alpha value is -5.22. The summed E-state index contributed by atoms with van der Waals surface area (Å²) in [6.07, 6.45) is 2.63. The number of thiophene rings is 1. The number of hydrogen-bond acceptors (Lipinski definition) is 9. The molecule has 6 aromatic rings. The van der Waals surface area contributed by atoms with E-state index in [0.29, 0.717) is 38.5 Å². The smallest absolute Gasteiger partial charge is 0.332 e. The summed E-state index contributed by atoms with van der Waals surface area (Å²) in [6.45, 7) is 10.6. The monoisotopic (exact) mass is 824 g/mol. The highest BCUT2D eigenvalue weighted by molar-refractivity contribution is 7.21. The third-order valence-electron chi connectivity index (χ3n) is 11.2. The Bertz CT molecular complexity index is 2500. The Kier molecular flexibility index (Phi) is 11.4. The van der Waals surface area contributed by atoms with Crippen LogP contribution >= 0.6 is 11.3 Å². The van der Waals surface area contributed by atoms with Gasteiger partial charge >= 0.3 is 5.69 Å². The van der Waals surface area contributed by atoms with Crippen molar-refractivity contribution in [3.8, 4) is 10.8 Å². The van der Waals surface area contributed by atoms with Crippen LogP contribution in [0.3, 0.4) is 0 Å². The zero-order valence-electron chi connectivity index (χ0n) is 33.9. The van der Waals surface area contributed by atoms with Gasteiger partial charge in [0.25, 0.3) is 13.9 Å². The highest BCUT2D eigenvalue weighted by atomic mass is 32.1. The first-order valence-electron chi connectivity index (χ1n) is 19.3. The van der Waals surface area contributed by atoms with E-state index in [-0.39, 0.29) is 43.7 Å². The first-order valence-corrected chi connectivity index (χ1v) is 22.0. The van der Waals surface area contributed by atoms with E-state index in [0.717, 1.165) is 10.4 Å². The van der Waals surface area contributed by atoms with Crippen LogP contribution in [0.15, 0.2) is 101 Å². The lowest BCUT2D eigenvalue weighted by Gasteiger charge is -2.43. The van der Waals surface area contributed by atoms with Crippen molar-refractivity contribution in [3.05, 3.63) is 129 Å². The quantitative estimate of drug-likeness (QED) is 0.110. The van der Waals surface area contributed by atoms with Crippen molar-refractivity contribution < 1.29 is 23.1 Å². The van der Waals surface area contributed by atoms with Crippen LogP contribution in [0.4, 0.5) is 4.39 Å². The highest BCUT2D eigenvalue weighted by Gasteiger charge is 2.50. The molecule has 0 aliphatic carbocycles. The van der Waals surface area contributed by atoms with Gasteiger partial charge in [-0.2, -0.15) is 10.2 Å². The van der Waals surface area contributed by atoms with Crippen molar-refractivity contribution in [3.63, 3.8) is 0 Å². The third kappa shape index (κ3) is 7.36. The molecule has 304 valence electrons. The van der Waals surface area contributed by atoms with E-state index in [9.17, 15) is 14.4 Å². The average molecular weight is 825 g/mol. The minimum atomic E-state index is -2.93. The topological polar surface area (TPSA) is 123 Å². The van der Waals surface area contributed by atoms with Gasteiger partial charge in [0.15, 0.2) is 0 Å². The maximum absolute atomic E-state index is 15.2. The van der Waals surface area contributed by atoms with Gasteiger partial charge in [0, 0.05) is 31.1 Å². The number of carbonyl (C=O) groups is 1. The summed E-state index contributed by atoms with van der Waals surface area (Å²) in [5.41, 5.74) is -1.05. The van der Waals surface area contributed by atoms with E-state index < -0.39 is 37.0 Å². The van der Waals surface area contributed by atoms with Crippen LogP contribution in [0.5, 0.6) is 5.75 Å². The van der Waals surface area contributed by atoms with E-state index in [1.165, 1.54) is 50.6 Å². The van der Waals surface area contributed by atoms with Crippen LogP contribution in [-0.4, -0.2) is 77.2 Å². The van der Waals surface area contributed by atoms with E-state index in [4.69, 9.17) is 13.9 Å². The van der Waals surface area contributed by atoms with Gasteiger partial charge in [-0.3, -0.25) is 18.7 Å². The number of fused-ring (bicyclic) bond motifs is 1. The summed E-state index contributed by atoms with van der Waals surface area (Å²) < 4.78 is 37.6. The van der Waals surface area contributed by atoms with Gasteiger partial charge in [-0.15, -0.1) is 4.80 Å². The number of aromatic nitrogens is 5.